The minimum Gasteiger partial charge on any atom is -0.319 e. The molecule has 1 heteroatoms. The average Bonchev–Trinajstić information content (AvgIpc) is 1.83. The van der Waals surface area contributed by atoms with E-state index in [1.807, 2.05) is 7.05 Å². The number of hydrogen-bond acceptors (Lipinski definition) is 1. The Hall–Kier alpha value is -0.300. The summed E-state index contributed by atoms with van der Waals surface area (Å²) in [4.78, 5) is 0. The van der Waals surface area contributed by atoms with Crippen LogP contribution in [0.5, 0.6) is 0 Å². The van der Waals surface area contributed by atoms with E-state index in [9.17, 15) is 0 Å². The van der Waals surface area contributed by atoms with Crippen LogP contribution in [0.3, 0.4) is 0 Å². The zero-order chi connectivity index (χ0) is 6.41. The van der Waals surface area contributed by atoms with Gasteiger partial charge in [-0.3, -0.25) is 0 Å². The lowest BCUT2D eigenvalue weighted by Gasteiger charge is -1.96. The molecule has 0 saturated carbocycles. The molecule has 0 atom stereocenters. The first-order valence-electron chi connectivity index (χ1n) is 3.07. The zero-order valence-electron chi connectivity index (χ0n) is 5.99. The second-order valence-corrected chi connectivity index (χ2v) is 1.99. The van der Waals surface area contributed by atoms with Crippen LogP contribution in [0.4, 0.5) is 0 Å². The fraction of sp³-hybridized carbons (Fsp3) is 0.714. The maximum atomic E-state index is 3.09. The standard InChI is InChI=1S/C7H15N/c1-4-7(2)5-6-8-3/h4,8H,5-6H2,1-3H3. The van der Waals surface area contributed by atoms with Crippen molar-refractivity contribution in [1.29, 1.82) is 0 Å². The van der Waals surface area contributed by atoms with Gasteiger partial charge in [-0.2, -0.15) is 0 Å². The van der Waals surface area contributed by atoms with Gasteiger partial charge in [-0.15, -0.1) is 0 Å². The van der Waals surface area contributed by atoms with E-state index in [2.05, 4.69) is 25.2 Å². The minimum atomic E-state index is 1.09. The fourth-order valence-electron chi connectivity index (χ4n) is 0.467. The monoisotopic (exact) mass is 113 g/mol. The summed E-state index contributed by atoms with van der Waals surface area (Å²) in [6.45, 7) is 5.32. The summed E-state index contributed by atoms with van der Waals surface area (Å²) in [5.74, 6) is 0. The molecule has 0 saturated heterocycles. The largest absolute Gasteiger partial charge is 0.319 e. The summed E-state index contributed by atoms with van der Waals surface area (Å²) < 4.78 is 0. The molecule has 1 nitrogen and oxygen atoms in total. The Bertz CT molecular complexity index is 74.5. The van der Waals surface area contributed by atoms with E-state index in [0.717, 1.165) is 6.54 Å². The van der Waals surface area contributed by atoms with E-state index in [4.69, 9.17) is 0 Å². The number of rotatable bonds is 3. The summed E-state index contributed by atoms with van der Waals surface area (Å²) in [6, 6.07) is 0. The molecule has 0 aromatic heterocycles. The molecule has 0 bridgehead atoms. The van der Waals surface area contributed by atoms with Crippen molar-refractivity contribution in [3.63, 3.8) is 0 Å². The average molecular weight is 113 g/mol. The van der Waals surface area contributed by atoms with Crippen LogP contribution in [0.15, 0.2) is 11.6 Å². The van der Waals surface area contributed by atoms with Crippen LogP contribution in [0.2, 0.25) is 0 Å². The van der Waals surface area contributed by atoms with Crippen molar-refractivity contribution in [2.45, 2.75) is 20.3 Å². The topological polar surface area (TPSA) is 12.0 Å². The van der Waals surface area contributed by atoms with Gasteiger partial charge in [0.1, 0.15) is 0 Å². The summed E-state index contributed by atoms with van der Waals surface area (Å²) >= 11 is 0. The van der Waals surface area contributed by atoms with Crippen LogP contribution in [-0.4, -0.2) is 13.6 Å². The second-order valence-electron chi connectivity index (χ2n) is 1.99. The van der Waals surface area contributed by atoms with Gasteiger partial charge in [0.25, 0.3) is 0 Å². The molecule has 0 spiro atoms. The molecule has 1 N–H and O–H groups in total. The van der Waals surface area contributed by atoms with Crippen molar-refractivity contribution in [3.8, 4) is 0 Å². The maximum absolute atomic E-state index is 3.09. The van der Waals surface area contributed by atoms with Gasteiger partial charge in [0.05, 0.1) is 0 Å². The molecule has 0 unspecified atom stereocenters. The van der Waals surface area contributed by atoms with E-state index in [0.29, 0.717) is 0 Å². The smallest absolute Gasteiger partial charge is 0.00147 e. The molecular weight excluding hydrogens is 98.1 g/mol. The third-order valence-corrected chi connectivity index (χ3v) is 1.26. The highest BCUT2D eigenvalue weighted by molar-refractivity contribution is 4.95. The van der Waals surface area contributed by atoms with Crippen LogP contribution in [-0.2, 0) is 0 Å². The van der Waals surface area contributed by atoms with Gasteiger partial charge in [-0.1, -0.05) is 11.6 Å². The Balaban J connectivity index is 3.12. The summed E-state index contributed by atoms with van der Waals surface area (Å²) in [7, 11) is 1.98. The third-order valence-electron chi connectivity index (χ3n) is 1.26. The second kappa shape index (κ2) is 4.85. The first-order valence-corrected chi connectivity index (χ1v) is 3.07. The van der Waals surface area contributed by atoms with Gasteiger partial charge in [0.2, 0.25) is 0 Å². The lowest BCUT2D eigenvalue weighted by Crippen LogP contribution is -2.07. The van der Waals surface area contributed by atoms with E-state index < -0.39 is 0 Å². The normalized spacial score (nSPS) is 12.1. The van der Waals surface area contributed by atoms with Crippen molar-refractivity contribution in [3.05, 3.63) is 11.6 Å². The Morgan fingerprint density at radius 2 is 2.25 bits per heavy atom. The molecular formula is C7H15N. The van der Waals surface area contributed by atoms with Gasteiger partial charge in [-0.25, -0.2) is 0 Å². The summed E-state index contributed by atoms with van der Waals surface area (Å²) in [5.41, 5.74) is 1.46. The molecule has 0 aliphatic carbocycles. The van der Waals surface area contributed by atoms with Gasteiger partial charge in [0, 0.05) is 0 Å². The third kappa shape index (κ3) is 3.88. The predicted molar refractivity (Wildman–Crippen MR) is 38.0 cm³/mol. The molecule has 0 fully saturated rings. The lowest BCUT2D eigenvalue weighted by atomic mass is 10.2. The maximum Gasteiger partial charge on any atom is -0.00147 e. The number of nitrogens with one attached hydrogen (secondary N) is 1. The van der Waals surface area contributed by atoms with Crippen LogP contribution in [0.25, 0.3) is 0 Å². The van der Waals surface area contributed by atoms with E-state index in [1.165, 1.54) is 12.0 Å². The first-order chi connectivity index (χ1) is 3.81. The fourth-order valence-corrected chi connectivity index (χ4v) is 0.467. The molecule has 0 aromatic rings. The van der Waals surface area contributed by atoms with Crippen LogP contribution >= 0.6 is 0 Å². The van der Waals surface area contributed by atoms with Crippen molar-refractivity contribution in [1.82, 2.24) is 5.32 Å². The van der Waals surface area contributed by atoms with Crippen molar-refractivity contribution in [2.24, 2.45) is 0 Å². The number of allylic oxidation sites excluding steroid dienone is 1. The molecule has 0 amide bonds. The number of hydrogen-bond donors (Lipinski definition) is 1. The van der Waals surface area contributed by atoms with Gasteiger partial charge in [0.15, 0.2) is 0 Å². The van der Waals surface area contributed by atoms with Gasteiger partial charge in [-0.05, 0) is 33.9 Å². The Kier molecular flexibility index (Phi) is 4.67. The molecule has 48 valence electrons. The van der Waals surface area contributed by atoms with Crippen molar-refractivity contribution in [2.75, 3.05) is 13.6 Å². The SMILES string of the molecule is CC=C(C)CCNC. The van der Waals surface area contributed by atoms with E-state index in [1.54, 1.807) is 0 Å². The molecule has 0 aliphatic heterocycles. The Morgan fingerprint density at radius 3 is 2.62 bits per heavy atom. The highest BCUT2D eigenvalue weighted by Crippen LogP contribution is 1.95. The Labute approximate surface area is 51.8 Å². The van der Waals surface area contributed by atoms with Crippen LogP contribution < -0.4 is 5.32 Å². The Morgan fingerprint density at radius 1 is 1.62 bits per heavy atom. The quantitative estimate of drug-likeness (QED) is 0.548. The summed E-state index contributed by atoms with van der Waals surface area (Å²) in [5, 5.41) is 3.09. The molecule has 0 radical (unpaired) electrons. The van der Waals surface area contributed by atoms with E-state index in [-0.39, 0.29) is 0 Å². The molecule has 0 heterocycles. The zero-order valence-corrected chi connectivity index (χ0v) is 5.99. The highest BCUT2D eigenvalue weighted by Gasteiger charge is 1.82. The van der Waals surface area contributed by atoms with Crippen molar-refractivity contribution < 1.29 is 0 Å². The molecule has 0 aromatic carbocycles. The van der Waals surface area contributed by atoms with E-state index >= 15 is 0 Å². The van der Waals surface area contributed by atoms with Crippen molar-refractivity contribution >= 4 is 0 Å². The lowest BCUT2D eigenvalue weighted by molar-refractivity contribution is 0.784. The van der Waals surface area contributed by atoms with Gasteiger partial charge >= 0.3 is 0 Å². The first kappa shape index (κ1) is 7.70. The molecule has 0 aliphatic rings. The van der Waals surface area contributed by atoms with Gasteiger partial charge < -0.3 is 5.32 Å². The predicted octanol–water partition coefficient (Wildman–Crippen LogP) is 1.56. The molecule has 0 rings (SSSR count). The van der Waals surface area contributed by atoms with Crippen LogP contribution in [0.1, 0.15) is 20.3 Å². The summed E-state index contributed by atoms with van der Waals surface area (Å²) in [6.07, 6.45) is 3.32. The van der Waals surface area contributed by atoms with Crippen LogP contribution in [0, 0.1) is 0 Å². The minimum absolute atomic E-state index is 1.09. The molecule has 8 heavy (non-hydrogen) atoms. The highest BCUT2D eigenvalue weighted by atomic mass is 14.8.